The van der Waals surface area contributed by atoms with E-state index in [0.29, 0.717) is 0 Å². The van der Waals surface area contributed by atoms with Crippen LogP contribution in [0.2, 0.25) is 0 Å². The molecule has 8 heteroatoms. The third-order valence-electron chi connectivity index (χ3n) is 2.96. The molecule has 1 aromatic heterocycles. The van der Waals surface area contributed by atoms with E-state index in [0.717, 1.165) is 4.57 Å². The molecule has 1 aromatic rings. The number of H-pyrrole nitrogens is 1. The van der Waals surface area contributed by atoms with Crippen molar-refractivity contribution in [3.63, 3.8) is 0 Å². The summed E-state index contributed by atoms with van der Waals surface area (Å²) >= 11 is 0. The summed E-state index contributed by atoms with van der Waals surface area (Å²) in [5.74, 6) is 0. The van der Waals surface area contributed by atoms with E-state index in [9.17, 15) is 24.9 Å². The van der Waals surface area contributed by atoms with Crippen molar-refractivity contribution in [2.75, 3.05) is 6.61 Å². The molecule has 104 valence electrons. The Morgan fingerprint density at radius 3 is 2.68 bits per heavy atom. The van der Waals surface area contributed by atoms with E-state index >= 15 is 0 Å². The van der Waals surface area contributed by atoms with Gasteiger partial charge in [0.1, 0.15) is 18.3 Å². The molecule has 0 saturated carbocycles. The third-order valence-corrected chi connectivity index (χ3v) is 2.96. The first kappa shape index (κ1) is 13.7. The van der Waals surface area contributed by atoms with Crippen molar-refractivity contribution >= 4 is 6.08 Å². The van der Waals surface area contributed by atoms with Crippen LogP contribution < -0.4 is 11.2 Å². The van der Waals surface area contributed by atoms with E-state index in [1.54, 1.807) is 0 Å². The van der Waals surface area contributed by atoms with Gasteiger partial charge in [0.05, 0.1) is 12.2 Å². The van der Waals surface area contributed by atoms with Crippen LogP contribution in [0.15, 0.2) is 22.4 Å². The maximum atomic E-state index is 11.7. The molecule has 1 saturated heterocycles. The highest BCUT2D eigenvalue weighted by Crippen LogP contribution is 2.22. The minimum Gasteiger partial charge on any atom is -0.388 e. The maximum Gasteiger partial charge on any atom is 0.330 e. The molecule has 0 amide bonds. The molecule has 0 aliphatic carbocycles. The number of hydrogen-bond acceptors (Lipinski definition) is 6. The fourth-order valence-electron chi connectivity index (χ4n) is 1.87. The zero-order valence-corrected chi connectivity index (χ0v) is 9.89. The van der Waals surface area contributed by atoms with Crippen LogP contribution in [0.5, 0.6) is 0 Å². The second kappa shape index (κ2) is 5.10. The van der Waals surface area contributed by atoms with Gasteiger partial charge in [-0.15, -0.1) is 0 Å². The van der Waals surface area contributed by atoms with Gasteiger partial charge in [-0.1, -0.05) is 12.7 Å². The van der Waals surface area contributed by atoms with Crippen LogP contribution in [-0.4, -0.2) is 49.8 Å². The molecule has 0 aromatic carbocycles. The minimum atomic E-state index is -1.50. The van der Waals surface area contributed by atoms with Gasteiger partial charge in [0.15, 0.2) is 6.23 Å². The number of hydrogen-bond donors (Lipinski definition) is 4. The molecule has 0 bridgehead atoms. The van der Waals surface area contributed by atoms with Crippen molar-refractivity contribution in [2.45, 2.75) is 24.5 Å². The number of ether oxygens (including phenoxy) is 1. The summed E-state index contributed by atoms with van der Waals surface area (Å²) in [4.78, 5) is 25.1. The molecular formula is C11H14N2O6. The smallest absolute Gasteiger partial charge is 0.330 e. The monoisotopic (exact) mass is 270 g/mol. The summed E-state index contributed by atoms with van der Waals surface area (Å²) in [7, 11) is 0. The molecule has 0 unspecified atom stereocenters. The number of rotatable bonds is 2. The number of nitrogens with one attached hydrogen (secondary N) is 1. The van der Waals surface area contributed by atoms with Gasteiger partial charge in [-0.2, -0.15) is 0 Å². The Labute approximate surface area is 107 Å². The van der Waals surface area contributed by atoms with E-state index < -0.39 is 35.8 Å². The molecule has 1 fully saturated rings. The zero-order chi connectivity index (χ0) is 14.2. The average Bonchev–Trinajstić information content (AvgIpc) is 2.37. The normalized spacial score (nSPS) is 31.1. The summed E-state index contributed by atoms with van der Waals surface area (Å²) < 4.78 is 6.07. The summed E-state index contributed by atoms with van der Waals surface area (Å²) in [6, 6.07) is 0. The quantitative estimate of drug-likeness (QED) is 0.483. The van der Waals surface area contributed by atoms with Crippen molar-refractivity contribution in [2.24, 2.45) is 0 Å². The van der Waals surface area contributed by atoms with Crippen LogP contribution in [0.3, 0.4) is 0 Å². The average molecular weight is 270 g/mol. The Bertz CT molecular complexity index is 592. The van der Waals surface area contributed by atoms with Gasteiger partial charge in [0.2, 0.25) is 0 Å². The summed E-state index contributed by atoms with van der Waals surface area (Å²) in [5, 5.41) is 28.7. The van der Waals surface area contributed by atoms with Gasteiger partial charge in [0, 0.05) is 6.20 Å². The number of aliphatic hydroxyl groups excluding tert-OH is 3. The first-order valence-electron chi connectivity index (χ1n) is 5.59. The minimum absolute atomic E-state index is 0.121. The maximum absolute atomic E-state index is 11.7. The SMILES string of the molecule is C=Cc1cn([C@@H]2OC[C@@H](O)[C@@H](O)[C@@H]2O)c(=O)[nH]c1=O. The van der Waals surface area contributed by atoms with Crippen LogP contribution >= 0.6 is 0 Å². The number of aromatic amines is 1. The van der Waals surface area contributed by atoms with Gasteiger partial charge in [-0.25, -0.2) is 4.79 Å². The third kappa shape index (κ3) is 2.38. The lowest BCUT2D eigenvalue weighted by Gasteiger charge is -2.35. The summed E-state index contributed by atoms with van der Waals surface area (Å²) in [6.45, 7) is 3.19. The zero-order valence-electron chi connectivity index (χ0n) is 9.89. The van der Waals surface area contributed by atoms with Gasteiger partial charge in [0.25, 0.3) is 5.56 Å². The fraction of sp³-hybridized carbons (Fsp3) is 0.455. The topological polar surface area (TPSA) is 125 Å². The fourth-order valence-corrected chi connectivity index (χ4v) is 1.87. The van der Waals surface area contributed by atoms with Crippen LogP contribution in [0.4, 0.5) is 0 Å². The second-order valence-corrected chi connectivity index (χ2v) is 4.23. The van der Waals surface area contributed by atoms with Crippen LogP contribution in [-0.2, 0) is 4.74 Å². The standard InChI is InChI=1S/C11H14N2O6/c1-2-5-3-13(11(18)12-9(5)17)10-8(16)7(15)6(14)4-19-10/h2-3,6-8,10,14-16H,1,4H2,(H,12,17,18)/t6-,7-,8+,10-/m1/s1. The van der Waals surface area contributed by atoms with Gasteiger partial charge < -0.3 is 20.1 Å². The molecule has 1 aliphatic heterocycles. The van der Waals surface area contributed by atoms with E-state index in [1.165, 1.54) is 12.3 Å². The van der Waals surface area contributed by atoms with Gasteiger partial charge in [-0.3, -0.25) is 14.3 Å². The molecule has 19 heavy (non-hydrogen) atoms. The van der Waals surface area contributed by atoms with Crippen LogP contribution in [0.1, 0.15) is 11.8 Å². The van der Waals surface area contributed by atoms with Gasteiger partial charge >= 0.3 is 5.69 Å². The predicted molar refractivity (Wildman–Crippen MR) is 64.4 cm³/mol. The molecule has 0 spiro atoms. The van der Waals surface area contributed by atoms with Crippen molar-refractivity contribution in [1.82, 2.24) is 9.55 Å². The van der Waals surface area contributed by atoms with Crippen molar-refractivity contribution in [3.8, 4) is 0 Å². The highest BCUT2D eigenvalue weighted by molar-refractivity contribution is 5.43. The molecule has 2 rings (SSSR count). The Kier molecular flexibility index (Phi) is 3.67. The molecular weight excluding hydrogens is 256 g/mol. The Hall–Kier alpha value is -1.74. The van der Waals surface area contributed by atoms with Crippen molar-refractivity contribution in [1.29, 1.82) is 0 Å². The largest absolute Gasteiger partial charge is 0.388 e. The molecule has 1 aliphatic rings. The first-order chi connectivity index (χ1) is 8.95. The number of nitrogens with zero attached hydrogens (tertiary/aromatic N) is 1. The van der Waals surface area contributed by atoms with E-state index in [-0.39, 0.29) is 12.2 Å². The number of aromatic nitrogens is 2. The lowest BCUT2D eigenvalue weighted by atomic mass is 10.0. The summed E-state index contributed by atoms with van der Waals surface area (Å²) in [5.41, 5.74) is -1.28. The van der Waals surface area contributed by atoms with Crippen LogP contribution in [0.25, 0.3) is 6.08 Å². The molecule has 2 heterocycles. The van der Waals surface area contributed by atoms with Crippen molar-refractivity contribution in [3.05, 3.63) is 39.2 Å². The Morgan fingerprint density at radius 1 is 1.37 bits per heavy atom. The molecule has 4 atom stereocenters. The van der Waals surface area contributed by atoms with Crippen molar-refractivity contribution < 1.29 is 20.1 Å². The molecule has 0 radical (unpaired) electrons. The van der Waals surface area contributed by atoms with E-state index in [1.807, 2.05) is 4.98 Å². The molecule has 8 nitrogen and oxygen atoms in total. The predicted octanol–water partition coefficient (Wildman–Crippen LogP) is -2.21. The van der Waals surface area contributed by atoms with E-state index in [2.05, 4.69) is 6.58 Å². The Morgan fingerprint density at radius 2 is 2.05 bits per heavy atom. The molecule has 4 N–H and O–H groups in total. The lowest BCUT2D eigenvalue weighted by Crippen LogP contribution is -2.52. The highest BCUT2D eigenvalue weighted by atomic mass is 16.5. The summed E-state index contributed by atoms with van der Waals surface area (Å²) in [6.07, 6.45) is -2.94. The Balaban J connectivity index is 2.45. The second-order valence-electron chi connectivity index (χ2n) is 4.23. The number of aliphatic hydroxyl groups is 3. The first-order valence-corrected chi connectivity index (χ1v) is 5.59. The van der Waals surface area contributed by atoms with Crippen LogP contribution in [0, 0.1) is 0 Å². The van der Waals surface area contributed by atoms with Gasteiger partial charge in [-0.05, 0) is 0 Å². The van der Waals surface area contributed by atoms with E-state index in [4.69, 9.17) is 4.74 Å². The highest BCUT2D eigenvalue weighted by Gasteiger charge is 2.39. The lowest BCUT2D eigenvalue weighted by molar-refractivity contribution is -0.212.